The van der Waals surface area contributed by atoms with E-state index in [1.807, 2.05) is 29.8 Å². The average molecular weight is 488 g/mol. The molecule has 1 aliphatic rings. The van der Waals surface area contributed by atoms with E-state index in [4.69, 9.17) is 4.74 Å². The normalized spacial score (nSPS) is 12.4. The van der Waals surface area contributed by atoms with E-state index >= 15 is 0 Å². The number of nitrogens with zero attached hydrogens (tertiary/aromatic N) is 2. The molecule has 6 nitrogen and oxygen atoms in total. The number of rotatable bonds is 4. The molecule has 0 fully saturated rings. The summed E-state index contributed by atoms with van der Waals surface area (Å²) in [6.45, 7) is 2.06. The van der Waals surface area contributed by atoms with Crippen molar-refractivity contribution in [3.8, 4) is 17.0 Å². The highest BCUT2D eigenvalue weighted by molar-refractivity contribution is 7.10. The van der Waals surface area contributed by atoms with Gasteiger partial charge >= 0.3 is 0 Å². The number of benzene rings is 3. The number of ether oxygens (including phenoxy) is 1. The number of hydrogen-bond acceptors (Lipinski definition) is 5. The van der Waals surface area contributed by atoms with Crippen LogP contribution in [0.2, 0.25) is 0 Å². The number of amides is 2. The summed E-state index contributed by atoms with van der Waals surface area (Å²) in [4.78, 5) is 33.8. The van der Waals surface area contributed by atoms with E-state index in [-0.39, 0.29) is 17.0 Å². The molecule has 8 heteroatoms. The molecule has 35 heavy (non-hydrogen) atoms. The Morgan fingerprint density at radius 2 is 1.91 bits per heavy atom. The number of carbonyl (C=O) groups is 2. The van der Waals surface area contributed by atoms with Gasteiger partial charge in [0.1, 0.15) is 11.6 Å². The third kappa shape index (κ3) is 4.17. The minimum atomic E-state index is -0.446. The van der Waals surface area contributed by atoms with Gasteiger partial charge in [-0.05, 0) is 42.8 Å². The van der Waals surface area contributed by atoms with Crippen molar-refractivity contribution in [1.29, 1.82) is 0 Å². The molecule has 176 valence electrons. The van der Waals surface area contributed by atoms with E-state index in [0.29, 0.717) is 30.0 Å². The van der Waals surface area contributed by atoms with E-state index in [0.717, 1.165) is 21.8 Å². The van der Waals surface area contributed by atoms with Gasteiger partial charge in [0.05, 0.1) is 29.6 Å². The zero-order valence-corrected chi connectivity index (χ0v) is 20.0. The quantitative estimate of drug-likeness (QED) is 0.400. The van der Waals surface area contributed by atoms with E-state index in [1.54, 1.807) is 47.4 Å². The van der Waals surface area contributed by atoms with Crippen molar-refractivity contribution in [1.82, 2.24) is 4.98 Å². The molecule has 0 radical (unpaired) electrons. The molecule has 3 aromatic carbocycles. The predicted octanol–water partition coefficient (Wildman–Crippen LogP) is 5.72. The SMILES string of the molecule is COc1cc(NC(=O)c2cccc(F)c2C)ccc1C(=O)N1CCc2scnc2-c2ccccc21. The Hall–Kier alpha value is -4.04. The molecule has 2 amide bonds. The second kappa shape index (κ2) is 9.31. The first-order chi connectivity index (χ1) is 17.0. The molecule has 0 spiro atoms. The monoisotopic (exact) mass is 487 g/mol. The summed E-state index contributed by atoms with van der Waals surface area (Å²) in [5.74, 6) is -0.761. The van der Waals surface area contributed by atoms with Crippen LogP contribution >= 0.6 is 11.3 Å². The Labute approximate surface area is 206 Å². The largest absolute Gasteiger partial charge is 0.496 e. The first-order valence-electron chi connectivity index (χ1n) is 11.1. The van der Waals surface area contributed by atoms with Gasteiger partial charge in [-0.2, -0.15) is 0 Å². The second-order valence-corrected chi connectivity index (χ2v) is 9.07. The van der Waals surface area contributed by atoms with Gasteiger partial charge in [0.2, 0.25) is 0 Å². The number of fused-ring (bicyclic) bond motifs is 3. The van der Waals surface area contributed by atoms with Crippen LogP contribution < -0.4 is 15.0 Å². The van der Waals surface area contributed by atoms with E-state index in [2.05, 4.69) is 10.3 Å². The van der Waals surface area contributed by atoms with Crippen LogP contribution in [0.1, 0.15) is 31.2 Å². The van der Waals surface area contributed by atoms with Crippen molar-refractivity contribution < 1.29 is 18.7 Å². The van der Waals surface area contributed by atoms with Crippen molar-refractivity contribution >= 4 is 34.5 Å². The summed E-state index contributed by atoms with van der Waals surface area (Å²) < 4.78 is 19.4. The minimum absolute atomic E-state index is 0.205. The molecule has 0 aliphatic carbocycles. The number of halogens is 1. The van der Waals surface area contributed by atoms with Gasteiger partial charge in [0, 0.05) is 40.7 Å². The maximum Gasteiger partial charge on any atom is 0.262 e. The van der Waals surface area contributed by atoms with Crippen LogP contribution in [0.25, 0.3) is 11.3 Å². The smallest absolute Gasteiger partial charge is 0.262 e. The molecule has 0 bridgehead atoms. The Morgan fingerprint density at radius 3 is 2.74 bits per heavy atom. The molecule has 2 heterocycles. The van der Waals surface area contributed by atoms with Crippen LogP contribution in [0, 0.1) is 12.7 Å². The van der Waals surface area contributed by atoms with Crippen molar-refractivity contribution in [2.75, 3.05) is 23.9 Å². The second-order valence-electron chi connectivity index (χ2n) is 8.13. The number of aromatic nitrogens is 1. The lowest BCUT2D eigenvalue weighted by Crippen LogP contribution is -2.32. The van der Waals surface area contributed by atoms with Gasteiger partial charge < -0.3 is 15.0 Å². The van der Waals surface area contributed by atoms with Gasteiger partial charge in [0.25, 0.3) is 11.8 Å². The predicted molar refractivity (Wildman–Crippen MR) is 135 cm³/mol. The molecular weight excluding hydrogens is 465 g/mol. The van der Waals surface area contributed by atoms with Crippen molar-refractivity contribution in [3.63, 3.8) is 0 Å². The summed E-state index contributed by atoms with van der Waals surface area (Å²) in [6, 6.07) is 17.0. The fraction of sp³-hybridized carbons (Fsp3) is 0.148. The average Bonchev–Trinajstić information content (AvgIpc) is 3.28. The Morgan fingerprint density at radius 1 is 1.09 bits per heavy atom. The lowest BCUT2D eigenvalue weighted by Gasteiger charge is -2.24. The topological polar surface area (TPSA) is 71.5 Å². The fourth-order valence-electron chi connectivity index (χ4n) is 4.26. The maximum absolute atomic E-state index is 13.9. The highest BCUT2D eigenvalue weighted by Gasteiger charge is 2.28. The zero-order valence-electron chi connectivity index (χ0n) is 19.2. The third-order valence-corrected chi connectivity index (χ3v) is 6.99. The molecule has 1 aromatic heterocycles. The van der Waals surface area contributed by atoms with Crippen molar-refractivity contribution in [3.05, 3.63) is 93.6 Å². The lowest BCUT2D eigenvalue weighted by atomic mass is 10.1. The van der Waals surface area contributed by atoms with E-state index in [1.165, 1.54) is 19.2 Å². The first-order valence-corrected chi connectivity index (χ1v) is 11.9. The number of nitrogens with one attached hydrogen (secondary N) is 1. The molecule has 1 aliphatic heterocycles. The molecule has 4 aromatic rings. The van der Waals surface area contributed by atoms with Gasteiger partial charge in [-0.1, -0.05) is 24.3 Å². The van der Waals surface area contributed by atoms with E-state index in [9.17, 15) is 14.0 Å². The van der Waals surface area contributed by atoms with Crippen molar-refractivity contribution in [2.45, 2.75) is 13.3 Å². The van der Waals surface area contributed by atoms with Crippen LogP contribution in [0.3, 0.4) is 0 Å². The summed E-state index contributed by atoms with van der Waals surface area (Å²) >= 11 is 1.59. The summed E-state index contributed by atoms with van der Waals surface area (Å²) in [5.41, 5.74) is 5.79. The Kier molecular flexibility index (Phi) is 6.05. The summed E-state index contributed by atoms with van der Waals surface area (Å²) in [5, 5.41) is 2.76. The van der Waals surface area contributed by atoms with Crippen LogP contribution in [-0.2, 0) is 6.42 Å². The molecule has 0 saturated carbocycles. The fourth-order valence-corrected chi connectivity index (χ4v) is 5.03. The zero-order chi connectivity index (χ0) is 24.5. The van der Waals surface area contributed by atoms with Crippen LogP contribution in [0.5, 0.6) is 5.75 Å². The number of para-hydroxylation sites is 1. The van der Waals surface area contributed by atoms with Crippen LogP contribution in [0.4, 0.5) is 15.8 Å². The summed E-state index contributed by atoms with van der Waals surface area (Å²) in [6.07, 6.45) is 0.698. The Bertz CT molecular complexity index is 1450. The molecule has 1 N–H and O–H groups in total. The molecule has 5 rings (SSSR count). The molecule has 0 atom stereocenters. The van der Waals surface area contributed by atoms with Gasteiger partial charge in [-0.3, -0.25) is 9.59 Å². The molecule has 0 saturated heterocycles. The van der Waals surface area contributed by atoms with Gasteiger partial charge in [-0.25, -0.2) is 9.37 Å². The lowest BCUT2D eigenvalue weighted by molar-refractivity contribution is 0.0983. The Balaban J connectivity index is 1.45. The third-order valence-electron chi connectivity index (χ3n) is 6.10. The number of carbonyl (C=O) groups excluding carboxylic acids is 2. The number of thiazole rings is 1. The highest BCUT2D eigenvalue weighted by Crippen LogP contribution is 2.38. The van der Waals surface area contributed by atoms with Crippen LogP contribution in [-0.4, -0.2) is 30.5 Å². The number of anilines is 2. The van der Waals surface area contributed by atoms with E-state index < -0.39 is 11.7 Å². The maximum atomic E-state index is 13.9. The van der Waals surface area contributed by atoms with Gasteiger partial charge in [0.15, 0.2) is 0 Å². The molecular formula is C27H22FN3O3S. The molecule has 0 unspecified atom stereocenters. The van der Waals surface area contributed by atoms with Crippen molar-refractivity contribution in [2.24, 2.45) is 0 Å². The minimum Gasteiger partial charge on any atom is -0.496 e. The first kappa shape index (κ1) is 22.7. The number of methoxy groups -OCH3 is 1. The van der Waals surface area contributed by atoms with Gasteiger partial charge in [-0.15, -0.1) is 11.3 Å². The standard InChI is InChI=1S/C27H22FN3O3S/c1-16-18(7-5-8-21(16)28)26(32)30-17-10-11-20(23(14-17)34-2)27(33)31-13-12-24-25(29-15-35-24)19-6-3-4-9-22(19)31/h3-11,14-15H,12-13H2,1-2H3,(H,30,32). The number of hydrogen-bond donors (Lipinski definition) is 1. The highest BCUT2D eigenvalue weighted by atomic mass is 32.1. The summed E-state index contributed by atoms with van der Waals surface area (Å²) in [7, 11) is 1.48. The van der Waals surface area contributed by atoms with Crippen LogP contribution in [0.15, 0.2) is 66.2 Å².